The van der Waals surface area contributed by atoms with Crippen LogP contribution in [0.15, 0.2) is 52.4 Å². The first-order valence-corrected chi connectivity index (χ1v) is 9.92. The second-order valence-corrected chi connectivity index (χ2v) is 7.97. The molecular formula is C23H25FN4O2. The monoisotopic (exact) mass is 408 g/mol. The Bertz CT molecular complexity index is 1200. The SMILES string of the molecule is CO/N=C1\NC[C@@](c2cc(C)c(-c3ccc4cccc(F)c4c3)[nH]c2=O)(C(C)C)N1. The summed E-state index contributed by atoms with van der Waals surface area (Å²) in [6.45, 7) is 6.56. The van der Waals surface area contributed by atoms with Gasteiger partial charge in [-0.15, -0.1) is 0 Å². The number of aromatic amines is 1. The molecule has 3 N–H and O–H groups in total. The second-order valence-electron chi connectivity index (χ2n) is 7.97. The van der Waals surface area contributed by atoms with E-state index in [0.717, 1.165) is 16.5 Å². The molecule has 1 aromatic heterocycles. The number of guanidine groups is 1. The molecule has 0 unspecified atom stereocenters. The molecule has 1 atom stereocenters. The molecular weight excluding hydrogens is 383 g/mol. The van der Waals surface area contributed by atoms with Crippen LogP contribution >= 0.6 is 0 Å². The number of H-pyrrole nitrogens is 1. The van der Waals surface area contributed by atoms with Crippen molar-refractivity contribution in [1.82, 2.24) is 15.6 Å². The highest BCUT2D eigenvalue weighted by molar-refractivity contribution is 5.88. The van der Waals surface area contributed by atoms with E-state index in [1.807, 2.05) is 31.2 Å². The zero-order valence-electron chi connectivity index (χ0n) is 17.5. The number of aromatic nitrogens is 1. The van der Waals surface area contributed by atoms with E-state index in [-0.39, 0.29) is 17.3 Å². The normalized spacial score (nSPS) is 19.9. The van der Waals surface area contributed by atoms with Gasteiger partial charge in [-0.2, -0.15) is 0 Å². The molecule has 2 heterocycles. The van der Waals surface area contributed by atoms with E-state index in [2.05, 4.69) is 34.6 Å². The maximum atomic E-state index is 14.3. The fraction of sp³-hybridized carbons (Fsp3) is 0.304. The lowest BCUT2D eigenvalue weighted by atomic mass is 9.80. The van der Waals surface area contributed by atoms with Crippen molar-refractivity contribution in [1.29, 1.82) is 0 Å². The van der Waals surface area contributed by atoms with Gasteiger partial charge in [-0.25, -0.2) is 4.39 Å². The zero-order chi connectivity index (χ0) is 21.5. The number of nitrogens with zero attached hydrogens (tertiary/aromatic N) is 1. The third-order valence-corrected chi connectivity index (χ3v) is 5.88. The van der Waals surface area contributed by atoms with Crippen molar-refractivity contribution < 1.29 is 9.23 Å². The molecule has 1 saturated heterocycles. The third kappa shape index (κ3) is 3.20. The number of pyridine rings is 1. The number of nitrogens with one attached hydrogen (secondary N) is 3. The topological polar surface area (TPSA) is 78.5 Å². The first kappa shape index (κ1) is 19.9. The molecule has 0 saturated carbocycles. The van der Waals surface area contributed by atoms with Gasteiger partial charge >= 0.3 is 0 Å². The Hall–Kier alpha value is -3.35. The highest BCUT2D eigenvalue weighted by Gasteiger charge is 2.43. The molecule has 0 radical (unpaired) electrons. The van der Waals surface area contributed by atoms with Crippen molar-refractivity contribution in [2.24, 2.45) is 11.1 Å². The molecule has 30 heavy (non-hydrogen) atoms. The quantitative estimate of drug-likeness (QED) is 0.577. The van der Waals surface area contributed by atoms with Gasteiger partial charge in [0.25, 0.3) is 5.56 Å². The number of fused-ring (bicyclic) bond motifs is 1. The summed E-state index contributed by atoms with van der Waals surface area (Å²) in [5.74, 6) is 0.323. The molecule has 1 aliphatic rings. The van der Waals surface area contributed by atoms with Crippen molar-refractivity contribution in [3.63, 3.8) is 0 Å². The summed E-state index contributed by atoms with van der Waals surface area (Å²) < 4.78 is 14.3. The summed E-state index contributed by atoms with van der Waals surface area (Å²) in [6, 6.07) is 12.4. The molecule has 0 aliphatic carbocycles. The Morgan fingerprint density at radius 2 is 2.00 bits per heavy atom. The van der Waals surface area contributed by atoms with E-state index >= 15 is 0 Å². The highest BCUT2D eigenvalue weighted by Crippen LogP contribution is 2.32. The van der Waals surface area contributed by atoms with E-state index in [4.69, 9.17) is 4.84 Å². The van der Waals surface area contributed by atoms with Crippen LogP contribution in [0.2, 0.25) is 0 Å². The van der Waals surface area contributed by atoms with Crippen molar-refractivity contribution in [3.8, 4) is 11.3 Å². The summed E-state index contributed by atoms with van der Waals surface area (Å²) in [4.78, 5) is 21.1. The summed E-state index contributed by atoms with van der Waals surface area (Å²) in [6.07, 6.45) is 0. The lowest BCUT2D eigenvalue weighted by molar-refractivity contribution is 0.210. The van der Waals surface area contributed by atoms with Crippen molar-refractivity contribution in [2.45, 2.75) is 26.3 Å². The molecule has 4 rings (SSSR count). The van der Waals surface area contributed by atoms with E-state index < -0.39 is 5.54 Å². The minimum Gasteiger partial charge on any atom is -0.396 e. The smallest absolute Gasteiger partial charge is 0.254 e. The van der Waals surface area contributed by atoms with E-state index in [9.17, 15) is 9.18 Å². The van der Waals surface area contributed by atoms with Gasteiger partial charge in [0, 0.05) is 17.5 Å². The molecule has 0 amide bonds. The van der Waals surface area contributed by atoms with Gasteiger partial charge in [0.1, 0.15) is 12.9 Å². The Morgan fingerprint density at radius 3 is 2.73 bits per heavy atom. The van der Waals surface area contributed by atoms with Crippen molar-refractivity contribution >= 4 is 16.7 Å². The molecule has 1 aliphatic heterocycles. The average Bonchev–Trinajstić information content (AvgIpc) is 3.15. The number of oxime groups is 1. The Morgan fingerprint density at radius 1 is 1.20 bits per heavy atom. The van der Waals surface area contributed by atoms with Crippen LogP contribution < -0.4 is 16.2 Å². The lowest BCUT2D eigenvalue weighted by Crippen LogP contribution is -2.49. The van der Waals surface area contributed by atoms with Crippen LogP contribution in [0.25, 0.3) is 22.0 Å². The van der Waals surface area contributed by atoms with Crippen LogP contribution in [0.1, 0.15) is 25.0 Å². The highest BCUT2D eigenvalue weighted by atomic mass is 19.1. The van der Waals surface area contributed by atoms with Gasteiger partial charge in [0.15, 0.2) is 0 Å². The number of halogens is 1. The fourth-order valence-electron chi connectivity index (χ4n) is 4.15. The molecule has 1 fully saturated rings. The lowest BCUT2D eigenvalue weighted by Gasteiger charge is -2.32. The number of benzene rings is 2. The van der Waals surface area contributed by atoms with Crippen molar-refractivity contribution in [3.05, 3.63) is 69.8 Å². The predicted octanol–water partition coefficient (Wildman–Crippen LogP) is 3.60. The molecule has 0 spiro atoms. The Labute approximate surface area is 174 Å². The van der Waals surface area contributed by atoms with Crippen LogP contribution in [0.5, 0.6) is 0 Å². The average molecular weight is 408 g/mol. The molecule has 156 valence electrons. The van der Waals surface area contributed by atoms with Crippen LogP contribution in [-0.2, 0) is 10.4 Å². The minimum absolute atomic E-state index is 0.107. The van der Waals surface area contributed by atoms with Crippen LogP contribution in [-0.4, -0.2) is 24.6 Å². The van der Waals surface area contributed by atoms with Gasteiger partial charge < -0.3 is 20.5 Å². The third-order valence-electron chi connectivity index (χ3n) is 5.88. The molecule has 3 aromatic rings. The Balaban J connectivity index is 1.82. The van der Waals surface area contributed by atoms with Crippen LogP contribution in [0.3, 0.4) is 0 Å². The van der Waals surface area contributed by atoms with Gasteiger partial charge in [-0.05, 0) is 52.7 Å². The van der Waals surface area contributed by atoms with Gasteiger partial charge in [0.05, 0.1) is 11.2 Å². The maximum Gasteiger partial charge on any atom is 0.254 e. The predicted molar refractivity (Wildman–Crippen MR) is 117 cm³/mol. The van der Waals surface area contributed by atoms with Crippen molar-refractivity contribution in [2.75, 3.05) is 13.7 Å². The van der Waals surface area contributed by atoms with E-state index in [0.29, 0.717) is 29.1 Å². The summed E-state index contributed by atoms with van der Waals surface area (Å²) in [5.41, 5.74) is 2.17. The van der Waals surface area contributed by atoms with Gasteiger partial charge in [-0.1, -0.05) is 38.1 Å². The summed E-state index contributed by atoms with van der Waals surface area (Å²) in [5, 5.41) is 11.8. The largest absolute Gasteiger partial charge is 0.396 e. The first-order chi connectivity index (χ1) is 14.4. The van der Waals surface area contributed by atoms with Gasteiger partial charge in [-0.3, -0.25) is 4.79 Å². The summed E-state index contributed by atoms with van der Waals surface area (Å²) in [7, 11) is 1.48. The van der Waals surface area contributed by atoms with Crippen LogP contribution in [0.4, 0.5) is 4.39 Å². The van der Waals surface area contributed by atoms with E-state index in [1.165, 1.54) is 13.2 Å². The molecule has 2 aromatic carbocycles. The number of rotatable bonds is 4. The molecule has 0 bridgehead atoms. The summed E-state index contributed by atoms with van der Waals surface area (Å²) >= 11 is 0. The Kier molecular flexibility index (Phi) is 4.97. The number of hydrogen-bond donors (Lipinski definition) is 3. The molecule has 6 nitrogen and oxygen atoms in total. The maximum absolute atomic E-state index is 14.3. The first-order valence-electron chi connectivity index (χ1n) is 9.92. The number of aryl methyl sites for hydroxylation is 1. The standard InChI is InChI=1S/C23H25FN4O2/c1-13(2)23(12-25-22(27-23)28-30-4)18-10-14(3)20(26-21(18)29)16-9-8-15-6-5-7-19(24)17(15)11-16/h5-11,13H,12H2,1-4H3,(H,26,29)(H2,25,27,28)/t23-/m0/s1. The fourth-order valence-corrected chi connectivity index (χ4v) is 4.15. The van der Waals surface area contributed by atoms with E-state index in [1.54, 1.807) is 12.1 Å². The van der Waals surface area contributed by atoms with Gasteiger partial charge in [0.2, 0.25) is 5.96 Å². The number of hydrogen-bond acceptors (Lipinski definition) is 3. The minimum atomic E-state index is -0.621. The second kappa shape index (κ2) is 7.48. The molecule has 7 heteroatoms. The zero-order valence-corrected chi connectivity index (χ0v) is 17.5. The van der Waals surface area contributed by atoms with Crippen LogP contribution in [0, 0.1) is 18.7 Å².